The zero-order valence-electron chi connectivity index (χ0n) is 9.72. The fourth-order valence-electron chi connectivity index (χ4n) is 2.30. The average Bonchev–Trinajstić information content (AvgIpc) is 2.91. The zero-order chi connectivity index (χ0) is 11.7. The van der Waals surface area contributed by atoms with Crippen LogP contribution in [0.1, 0.15) is 24.1 Å². The van der Waals surface area contributed by atoms with Gasteiger partial charge in [0.05, 0.1) is 6.33 Å². The highest BCUT2D eigenvalue weighted by Gasteiger charge is 2.12. The number of nitrogens with one attached hydrogen (secondary N) is 1. The third kappa shape index (κ3) is 1.72. The summed E-state index contributed by atoms with van der Waals surface area (Å²) in [5.74, 6) is 0.337. The highest BCUT2D eigenvalue weighted by Crippen LogP contribution is 2.28. The standard InChI is InChI=1S/C15H14N2/c1-11(15-9-16-10-17-15)13-8-4-6-12-5-2-3-7-14(12)13/h2-11H,1H3,(H,16,17). The Kier molecular flexibility index (Phi) is 2.41. The first kappa shape index (κ1) is 10.1. The molecule has 1 unspecified atom stereocenters. The number of aromatic amines is 1. The number of hydrogen-bond acceptors (Lipinski definition) is 1. The van der Waals surface area contributed by atoms with E-state index in [1.54, 1.807) is 6.33 Å². The van der Waals surface area contributed by atoms with Gasteiger partial charge in [-0.15, -0.1) is 0 Å². The minimum absolute atomic E-state index is 0.337. The quantitative estimate of drug-likeness (QED) is 0.703. The Bertz CT molecular complexity index is 621. The molecule has 1 heterocycles. The number of hydrogen-bond donors (Lipinski definition) is 1. The van der Waals surface area contributed by atoms with Crippen molar-refractivity contribution in [3.05, 3.63) is 66.2 Å². The highest BCUT2D eigenvalue weighted by atomic mass is 14.9. The van der Waals surface area contributed by atoms with E-state index in [1.807, 2.05) is 6.20 Å². The van der Waals surface area contributed by atoms with Gasteiger partial charge in [-0.3, -0.25) is 0 Å². The van der Waals surface area contributed by atoms with Crippen LogP contribution in [0.3, 0.4) is 0 Å². The van der Waals surface area contributed by atoms with Crippen LogP contribution in [0.25, 0.3) is 10.8 Å². The lowest BCUT2D eigenvalue weighted by Gasteiger charge is -2.12. The van der Waals surface area contributed by atoms with Gasteiger partial charge in [-0.2, -0.15) is 0 Å². The maximum Gasteiger partial charge on any atom is 0.0921 e. The van der Waals surface area contributed by atoms with E-state index in [0.717, 1.165) is 5.69 Å². The second-order valence-corrected chi connectivity index (χ2v) is 4.30. The van der Waals surface area contributed by atoms with E-state index in [9.17, 15) is 0 Å². The Labute approximate surface area is 100 Å². The number of imidazole rings is 1. The molecular formula is C15H14N2. The Balaban J connectivity index is 2.17. The first-order valence-corrected chi connectivity index (χ1v) is 5.82. The zero-order valence-corrected chi connectivity index (χ0v) is 9.72. The van der Waals surface area contributed by atoms with Crippen molar-refractivity contribution >= 4 is 10.8 Å². The molecule has 0 aliphatic heterocycles. The van der Waals surface area contributed by atoms with Crippen molar-refractivity contribution in [2.75, 3.05) is 0 Å². The lowest BCUT2D eigenvalue weighted by atomic mass is 9.93. The van der Waals surface area contributed by atoms with Crippen LogP contribution in [-0.4, -0.2) is 9.97 Å². The lowest BCUT2D eigenvalue weighted by molar-refractivity contribution is 0.892. The summed E-state index contributed by atoms with van der Waals surface area (Å²) in [5.41, 5.74) is 2.49. The molecule has 0 saturated heterocycles. The van der Waals surface area contributed by atoms with Crippen LogP contribution in [0, 0.1) is 0 Å². The molecule has 3 aromatic rings. The first-order valence-electron chi connectivity index (χ1n) is 5.82. The number of benzene rings is 2. The van der Waals surface area contributed by atoms with Crippen LogP contribution >= 0.6 is 0 Å². The van der Waals surface area contributed by atoms with Crippen molar-refractivity contribution in [2.45, 2.75) is 12.8 Å². The number of aromatic nitrogens is 2. The van der Waals surface area contributed by atoms with Crippen LogP contribution in [-0.2, 0) is 0 Å². The van der Waals surface area contributed by atoms with Crippen molar-refractivity contribution in [2.24, 2.45) is 0 Å². The van der Waals surface area contributed by atoms with Crippen LogP contribution in [0.5, 0.6) is 0 Å². The molecule has 1 aromatic heterocycles. The fraction of sp³-hybridized carbons (Fsp3) is 0.133. The van der Waals surface area contributed by atoms with Crippen LogP contribution in [0.4, 0.5) is 0 Å². The molecule has 17 heavy (non-hydrogen) atoms. The van der Waals surface area contributed by atoms with E-state index in [4.69, 9.17) is 0 Å². The van der Waals surface area contributed by atoms with Crippen molar-refractivity contribution < 1.29 is 0 Å². The minimum atomic E-state index is 0.337. The van der Waals surface area contributed by atoms with Gasteiger partial charge in [0.1, 0.15) is 0 Å². The largest absolute Gasteiger partial charge is 0.348 e. The maximum absolute atomic E-state index is 4.09. The van der Waals surface area contributed by atoms with Crippen molar-refractivity contribution in [1.82, 2.24) is 9.97 Å². The molecule has 0 bridgehead atoms. The number of nitrogens with zero attached hydrogens (tertiary/aromatic N) is 1. The topological polar surface area (TPSA) is 28.7 Å². The normalized spacial score (nSPS) is 12.8. The van der Waals surface area contributed by atoms with Crippen molar-refractivity contribution in [1.29, 1.82) is 0 Å². The van der Waals surface area contributed by atoms with E-state index >= 15 is 0 Å². The lowest BCUT2D eigenvalue weighted by Crippen LogP contribution is -1.97. The van der Waals surface area contributed by atoms with Gasteiger partial charge in [-0.25, -0.2) is 4.98 Å². The van der Waals surface area contributed by atoms with E-state index in [0.29, 0.717) is 5.92 Å². The maximum atomic E-state index is 4.09. The Hall–Kier alpha value is -2.09. The Morgan fingerprint density at radius 2 is 1.88 bits per heavy atom. The minimum Gasteiger partial charge on any atom is -0.348 e. The summed E-state index contributed by atoms with van der Waals surface area (Å²) in [5, 5.41) is 2.61. The van der Waals surface area contributed by atoms with Crippen LogP contribution < -0.4 is 0 Å². The molecule has 0 radical (unpaired) electrons. The third-order valence-electron chi connectivity index (χ3n) is 3.28. The fourth-order valence-corrected chi connectivity index (χ4v) is 2.30. The molecule has 1 N–H and O–H groups in total. The predicted molar refractivity (Wildman–Crippen MR) is 70.1 cm³/mol. The molecule has 2 aromatic carbocycles. The number of H-pyrrole nitrogens is 1. The van der Waals surface area contributed by atoms with E-state index in [-0.39, 0.29) is 0 Å². The molecule has 0 fully saturated rings. The molecule has 0 saturated carbocycles. The second-order valence-electron chi connectivity index (χ2n) is 4.30. The summed E-state index contributed by atoms with van der Waals surface area (Å²) in [6.07, 6.45) is 3.63. The monoisotopic (exact) mass is 222 g/mol. The summed E-state index contributed by atoms with van der Waals surface area (Å²) in [6, 6.07) is 14.9. The summed E-state index contributed by atoms with van der Waals surface area (Å²) in [6.45, 7) is 2.20. The predicted octanol–water partition coefficient (Wildman–Crippen LogP) is 3.71. The van der Waals surface area contributed by atoms with Gasteiger partial charge in [0.2, 0.25) is 0 Å². The molecule has 2 nitrogen and oxygen atoms in total. The second kappa shape index (κ2) is 4.06. The molecule has 0 aliphatic carbocycles. The summed E-state index contributed by atoms with van der Waals surface area (Å²) in [7, 11) is 0. The van der Waals surface area contributed by atoms with Gasteiger partial charge in [-0.1, -0.05) is 49.4 Å². The molecule has 1 atom stereocenters. The molecule has 0 aliphatic rings. The van der Waals surface area contributed by atoms with Gasteiger partial charge < -0.3 is 4.98 Å². The van der Waals surface area contributed by atoms with Gasteiger partial charge in [0.15, 0.2) is 0 Å². The molecule has 84 valence electrons. The van der Waals surface area contributed by atoms with Crippen LogP contribution in [0.15, 0.2) is 55.0 Å². The number of fused-ring (bicyclic) bond motifs is 1. The SMILES string of the molecule is CC(c1cnc[nH]1)c1cccc2ccccc12. The first-order chi connectivity index (χ1) is 8.36. The van der Waals surface area contributed by atoms with Gasteiger partial charge in [-0.05, 0) is 16.3 Å². The smallest absolute Gasteiger partial charge is 0.0921 e. The van der Waals surface area contributed by atoms with E-state index in [2.05, 4.69) is 59.4 Å². The molecular weight excluding hydrogens is 208 g/mol. The molecule has 2 heteroatoms. The summed E-state index contributed by atoms with van der Waals surface area (Å²) < 4.78 is 0. The van der Waals surface area contributed by atoms with Gasteiger partial charge in [0, 0.05) is 17.8 Å². The third-order valence-corrected chi connectivity index (χ3v) is 3.28. The van der Waals surface area contributed by atoms with Crippen molar-refractivity contribution in [3.8, 4) is 0 Å². The van der Waals surface area contributed by atoms with E-state index in [1.165, 1.54) is 16.3 Å². The van der Waals surface area contributed by atoms with E-state index < -0.39 is 0 Å². The Morgan fingerprint density at radius 3 is 2.71 bits per heavy atom. The van der Waals surface area contributed by atoms with Gasteiger partial charge >= 0.3 is 0 Å². The van der Waals surface area contributed by atoms with Gasteiger partial charge in [0.25, 0.3) is 0 Å². The molecule has 3 rings (SSSR count). The average molecular weight is 222 g/mol. The molecule has 0 spiro atoms. The molecule has 0 amide bonds. The summed E-state index contributed by atoms with van der Waals surface area (Å²) in [4.78, 5) is 7.28. The van der Waals surface area contributed by atoms with Crippen molar-refractivity contribution in [3.63, 3.8) is 0 Å². The number of rotatable bonds is 2. The summed E-state index contributed by atoms with van der Waals surface area (Å²) >= 11 is 0. The van der Waals surface area contributed by atoms with Crippen LogP contribution in [0.2, 0.25) is 0 Å². The highest BCUT2D eigenvalue weighted by molar-refractivity contribution is 5.86. The Morgan fingerprint density at radius 1 is 1.06 bits per heavy atom.